The van der Waals surface area contributed by atoms with Crippen LogP contribution in [-0.4, -0.2) is 15.0 Å². The molecule has 116 valence electrons. The van der Waals surface area contributed by atoms with Crippen LogP contribution >= 0.6 is 0 Å². The van der Waals surface area contributed by atoms with E-state index < -0.39 is 10.1 Å². The van der Waals surface area contributed by atoms with Crippen molar-refractivity contribution in [1.29, 1.82) is 0 Å². The molecule has 3 nitrogen and oxygen atoms in total. The van der Waals surface area contributed by atoms with Crippen LogP contribution in [-0.2, 0) is 14.3 Å². The predicted octanol–water partition coefficient (Wildman–Crippen LogP) is 3.77. The molecule has 4 heteroatoms. The van der Waals surface area contributed by atoms with Gasteiger partial charge < -0.3 is 0 Å². The molecule has 1 aromatic carbocycles. The molecule has 2 aliphatic carbocycles. The summed E-state index contributed by atoms with van der Waals surface area (Å²) in [6, 6.07) is 6.85. The van der Waals surface area contributed by atoms with Gasteiger partial charge in [-0.15, -0.1) is 0 Å². The number of hydrogen-bond acceptors (Lipinski definition) is 3. The topological polar surface area (TPSA) is 43.4 Å². The zero-order chi connectivity index (χ0) is 15.3. The van der Waals surface area contributed by atoms with E-state index in [1.807, 2.05) is 6.92 Å². The number of benzene rings is 1. The highest BCUT2D eigenvalue weighted by atomic mass is 32.2. The average Bonchev–Trinajstić information content (AvgIpc) is 2.96. The molecule has 2 aliphatic rings. The minimum Gasteiger partial charge on any atom is -0.266 e. The molecule has 0 aliphatic heterocycles. The second-order valence-electron chi connectivity index (χ2n) is 7.25. The second kappa shape index (κ2) is 5.10. The zero-order valence-corrected chi connectivity index (χ0v) is 13.8. The van der Waals surface area contributed by atoms with Gasteiger partial charge in [0.15, 0.2) is 0 Å². The van der Waals surface area contributed by atoms with Gasteiger partial charge in [-0.1, -0.05) is 31.5 Å². The van der Waals surface area contributed by atoms with Crippen LogP contribution in [0, 0.1) is 30.1 Å². The van der Waals surface area contributed by atoms with E-state index in [4.69, 9.17) is 4.18 Å². The molecule has 2 saturated carbocycles. The molecule has 3 rings (SSSR count). The third-order valence-corrected chi connectivity index (χ3v) is 7.06. The quantitative estimate of drug-likeness (QED) is 0.795. The van der Waals surface area contributed by atoms with E-state index in [-0.39, 0.29) is 10.3 Å². The number of hydrogen-bond donors (Lipinski definition) is 0. The van der Waals surface area contributed by atoms with E-state index in [0.717, 1.165) is 11.5 Å². The molecule has 0 saturated heterocycles. The lowest BCUT2D eigenvalue weighted by atomic mass is 9.69. The van der Waals surface area contributed by atoms with Crippen LogP contribution in [0.5, 0.6) is 0 Å². The maximum absolute atomic E-state index is 12.3. The summed E-state index contributed by atoms with van der Waals surface area (Å²) >= 11 is 0. The minimum atomic E-state index is -3.63. The fourth-order valence-corrected chi connectivity index (χ4v) is 5.19. The van der Waals surface area contributed by atoms with E-state index in [9.17, 15) is 8.42 Å². The van der Waals surface area contributed by atoms with Crippen molar-refractivity contribution < 1.29 is 12.6 Å². The second-order valence-corrected chi connectivity index (χ2v) is 8.86. The van der Waals surface area contributed by atoms with Crippen molar-refractivity contribution in [3.63, 3.8) is 0 Å². The molecule has 0 unspecified atom stereocenters. The molecular weight excluding hydrogens is 284 g/mol. The molecule has 0 spiro atoms. The van der Waals surface area contributed by atoms with Gasteiger partial charge in [0.2, 0.25) is 0 Å². The molecule has 21 heavy (non-hydrogen) atoms. The van der Waals surface area contributed by atoms with Crippen molar-refractivity contribution in [3.8, 4) is 0 Å². The van der Waals surface area contributed by atoms with Gasteiger partial charge in [0, 0.05) is 0 Å². The smallest absolute Gasteiger partial charge is 0.266 e. The largest absolute Gasteiger partial charge is 0.296 e. The zero-order valence-electron chi connectivity index (χ0n) is 13.0. The van der Waals surface area contributed by atoms with Gasteiger partial charge in [-0.05, 0) is 61.5 Å². The first-order chi connectivity index (χ1) is 9.80. The molecule has 0 N–H and O–H groups in total. The summed E-state index contributed by atoms with van der Waals surface area (Å²) in [4.78, 5) is 0.258. The Labute approximate surface area is 127 Å². The lowest BCUT2D eigenvalue weighted by molar-refractivity contribution is 0.0761. The summed E-state index contributed by atoms with van der Waals surface area (Å²) in [5.41, 5.74) is 1.24. The Kier molecular flexibility index (Phi) is 3.65. The number of aryl methyl sites for hydroxylation is 1. The number of fused-ring (bicyclic) bond motifs is 2. The molecule has 3 atom stereocenters. The van der Waals surface area contributed by atoms with Crippen molar-refractivity contribution >= 4 is 10.1 Å². The highest BCUT2D eigenvalue weighted by Crippen LogP contribution is 2.59. The molecule has 1 aromatic rings. The summed E-state index contributed by atoms with van der Waals surface area (Å²) in [5.74, 6) is 1.73. The minimum absolute atomic E-state index is 0.200. The summed E-state index contributed by atoms with van der Waals surface area (Å²) < 4.78 is 30.0. The summed E-state index contributed by atoms with van der Waals surface area (Å²) in [6.07, 6.45) is 3.76. The molecule has 0 radical (unpaired) electrons. The molecular formula is C17H24O3S. The Morgan fingerprint density at radius 2 is 1.86 bits per heavy atom. The van der Waals surface area contributed by atoms with Gasteiger partial charge in [0.1, 0.15) is 0 Å². The van der Waals surface area contributed by atoms with Crippen molar-refractivity contribution in [3.05, 3.63) is 29.8 Å². The molecule has 0 aromatic heterocycles. The van der Waals surface area contributed by atoms with E-state index in [1.54, 1.807) is 24.3 Å². The SMILES string of the molecule is Cc1ccc(S(=O)(=O)OC[C@@H]2[C@H]3CC[C@H](C3)C2(C)C)cc1. The first kappa shape index (κ1) is 15.0. The van der Waals surface area contributed by atoms with Crippen LogP contribution in [0.4, 0.5) is 0 Å². The lowest BCUT2D eigenvalue weighted by Gasteiger charge is -2.37. The maximum Gasteiger partial charge on any atom is 0.296 e. The van der Waals surface area contributed by atoms with Crippen molar-refractivity contribution in [2.24, 2.45) is 23.2 Å². The van der Waals surface area contributed by atoms with E-state index in [0.29, 0.717) is 18.4 Å². The lowest BCUT2D eigenvalue weighted by Crippen LogP contribution is -2.34. The third kappa shape index (κ3) is 2.64. The van der Waals surface area contributed by atoms with E-state index in [1.165, 1.54) is 19.3 Å². The fraction of sp³-hybridized carbons (Fsp3) is 0.647. The third-order valence-electron chi connectivity index (χ3n) is 5.76. The number of rotatable bonds is 4. The molecule has 2 bridgehead atoms. The predicted molar refractivity (Wildman–Crippen MR) is 82.4 cm³/mol. The van der Waals surface area contributed by atoms with Crippen LogP contribution in [0.1, 0.15) is 38.7 Å². The molecule has 0 heterocycles. The Morgan fingerprint density at radius 1 is 1.19 bits per heavy atom. The monoisotopic (exact) mass is 308 g/mol. The molecule has 0 amide bonds. The van der Waals surface area contributed by atoms with Crippen LogP contribution in [0.25, 0.3) is 0 Å². The summed E-state index contributed by atoms with van der Waals surface area (Å²) in [5, 5.41) is 0. The van der Waals surface area contributed by atoms with Crippen LogP contribution < -0.4 is 0 Å². The maximum atomic E-state index is 12.3. The van der Waals surface area contributed by atoms with E-state index >= 15 is 0 Å². The van der Waals surface area contributed by atoms with Crippen LogP contribution in [0.3, 0.4) is 0 Å². The van der Waals surface area contributed by atoms with Crippen LogP contribution in [0.2, 0.25) is 0 Å². The van der Waals surface area contributed by atoms with Gasteiger partial charge >= 0.3 is 0 Å². The van der Waals surface area contributed by atoms with Crippen molar-refractivity contribution in [2.75, 3.05) is 6.61 Å². The van der Waals surface area contributed by atoms with Gasteiger partial charge in [0.05, 0.1) is 11.5 Å². The van der Waals surface area contributed by atoms with Gasteiger partial charge in [-0.2, -0.15) is 8.42 Å². The fourth-order valence-electron chi connectivity index (χ4n) is 4.25. The Morgan fingerprint density at radius 3 is 2.43 bits per heavy atom. The first-order valence-corrected chi connectivity index (χ1v) is 9.17. The Bertz CT molecular complexity index is 616. The van der Waals surface area contributed by atoms with Crippen molar-refractivity contribution in [1.82, 2.24) is 0 Å². The van der Waals surface area contributed by atoms with Gasteiger partial charge in [0.25, 0.3) is 10.1 Å². The standard InChI is InChI=1S/C17H24O3S/c1-12-4-8-15(9-5-12)21(18,19)20-11-16-13-6-7-14(10-13)17(16,2)3/h4-5,8-9,13-14,16H,6-7,10-11H2,1-3H3/t13-,14+,16+/m0/s1. The molecule has 2 fully saturated rings. The van der Waals surface area contributed by atoms with Crippen molar-refractivity contribution in [2.45, 2.75) is 44.9 Å². The normalized spacial score (nSPS) is 30.7. The van der Waals surface area contributed by atoms with Crippen LogP contribution in [0.15, 0.2) is 29.2 Å². The average molecular weight is 308 g/mol. The summed E-state index contributed by atoms with van der Waals surface area (Å²) in [6.45, 7) is 6.80. The highest BCUT2D eigenvalue weighted by molar-refractivity contribution is 7.86. The Hall–Kier alpha value is -0.870. The first-order valence-electron chi connectivity index (χ1n) is 7.77. The highest BCUT2D eigenvalue weighted by Gasteiger charge is 2.52. The van der Waals surface area contributed by atoms with Gasteiger partial charge in [-0.3, -0.25) is 4.18 Å². The van der Waals surface area contributed by atoms with E-state index in [2.05, 4.69) is 13.8 Å². The van der Waals surface area contributed by atoms with Gasteiger partial charge in [-0.25, -0.2) is 0 Å². The summed E-state index contributed by atoms with van der Waals surface area (Å²) in [7, 11) is -3.63. The Balaban J connectivity index is 1.71.